The number of hydrogen-bond acceptors (Lipinski definition) is 3. The van der Waals surface area contributed by atoms with E-state index in [4.69, 9.17) is 16.3 Å². The van der Waals surface area contributed by atoms with Gasteiger partial charge in [0.1, 0.15) is 5.75 Å². The van der Waals surface area contributed by atoms with Crippen molar-refractivity contribution in [3.05, 3.63) is 64.2 Å². The van der Waals surface area contributed by atoms with Crippen LogP contribution in [-0.4, -0.2) is 38.6 Å². The molecule has 0 saturated carbocycles. The van der Waals surface area contributed by atoms with Crippen LogP contribution in [0.25, 0.3) is 0 Å². The van der Waals surface area contributed by atoms with Gasteiger partial charge in [-0.25, -0.2) is 0 Å². The van der Waals surface area contributed by atoms with Crippen molar-refractivity contribution >= 4 is 17.5 Å². The van der Waals surface area contributed by atoms with E-state index in [1.807, 2.05) is 14.1 Å². The molecule has 0 saturated heterocycles. The summed E-state index contributed by atoms with van der Waals surface area (Å²) in [6.07, 6.45) is 1.01. The third-order valence-electron chi connectivity index (χ3n) is 4.26. The standard InChI is InChI=1S/C20H25ClN2O2/c1-5-14-6-8-15(9-7-14)18(23(2)3)13-22-20(24)17-12-16(21)10-11-19(17)25-4/h6-12,18H,5,13H2,1-4H3,(H,22,24). The highest BCUT2D eigenvalue weighted by atomic mass is 35.5. The summed E-state index contributed by atoms with van der Waals surface area (Å²) in [6.45, 7) is 2.63. The molecule has 0 aliphatic rings. The molecule has 0 fully saturated rings. The molecule has 4 nitrogen and oxygen atoms in total. The maximum atomic E-state index is 12.6. The topological polar surface area (TPSA) is 41.6 Å². The van der Waals surface area contributed by atoms with Gasteiger partial charge in [-0.15, -0.1) is 0 Å². The summed E-state index contributed by atoms with van der Waals surface area (Å²) in [6, 6.07) is 13.6. The number of benzene rings is 2. The van der Waals surface area contributed by atoms with Crippen LogP contribution in [0.5, 0.6) is 5.75 Å². The summed E-state index contributed by atoms with van der Waals surface area (Å²) in [4.78, 5) is 14.7. The van der Waals surface area contributed by atoms with Crippen molar-refractivity contribution in [2.75, 3.05) is 27.7 Å². The molecule has 1 atom stereocenters. The molecule has 0 heterocycles. The highest BCUT2D eigenvalue weighted by Crippen LogP contribution is 2.23. The van der Waals surface area contributed by atoms with Crippen molar-refractivity contribution in [1.29, 1.82) is 0 Å². The predicted octanol–water partition coefficient (Wildman–Crippen LogP) is 3.94. The minimum Gasteiger partial charge on any atom is -0.496 e. The van der Waals surface area contributed by atoms with E-state index in [1.54, 1.807) is 18.2 Å². The van der Waals surface area contributed by atoms with Gasteiger partial charge in [-0.2, -0.15) is 0 Å². The van der Waals surface area contributed by atoms with Gasteiger partial charge in [0, 0.05) is 11.6 Å². The van der Waals surface area contributed by atoms with E-state index >= 15 is 0 Å². The first kappa shape index (κ1) is 19.3. The van der Waals surface area contributed by atoms with Crippen LogP contribution < -0.4 is 10.1 Å². The Morgan fingerprint density at radius 2 is 1.88 bits per heavy atom. The largest absolute Gasteiger partial charge is 0.496 e. The predicted molar refractivity (Wildman–Crippen MR) is 103 cm³/mol. The summed E-state index contributed by atoms with van der Waals surface area (Å²) in [5.41, 5.74) is 2.91. The fraction of sp³-hybridized carbons (Fsp3) is 0.350. The Morgan fingerprint density at radius 1 is 1.20 bits per heavy atom. The van der Waals surface area contributed by atoms with Crippen molar-refractivity contribution in [2.24, 2.45) is 0 Å². The van der Waals surface area contributed by atoms with Gasteiger partial charge in [0.2, 0.25) is 0 Å². The van der Waals surface area contributed by atoms with Crippen LogP contribution in [0.15, 0.2) is 42.5 Å². The molecule has 25 heavy (non-hydrogen) atoms. The minimum absolute atomic E-state index is 0.0834. The van der Waals surface area contributed by atoms with Crippen LogP contribution in [0.1, 0.15) is 34.5 Å². The molecular weight excluding hydrogens is 336 g/mol. The first-order chi connectivity index (χ1) is 12.0. The normalized spacial score (nSPS) is 12.1. The fourth-order valence-electron chi connectivity index (χ4n) is 2.72. The molecule has 5 heteroatoms. The number of likely N-dealkylation sites (N-methyl/N-ethyl adjacent to an activating group) is 1. The summed E-state index contributed by atoms with van der Waals surface area (Å²) >= 11 is 6.01. The molecular formula is C20H25ClN2O2. The SMILES string of the molecule is CCc1ccc(C(CNC(=O)c2cc(Cl)ccc2OC)N(C)C)cc1. The van der Waals surface area contributed by atoms with Crippen molar-refractivity contribution < 1.29 is 9.53 Å². The van der Waals surface area contributed by atoms with Crippen molar-refractivity contribution in [3.63, 3.8) is 0 Å². The number of nitrogens with one attached hydrogen (secondary N) is 1. The molecule has 0 aliphatic heterocycles. The average Bonchev–Trinajstić information content (AvgIpc) is 2.62. The number of nitrogens with zero attached hydrogens (tertiary/aromatic N) is 1. The zero-order chi connectivity index (χ0) is 18.4. The molecule has 134 valence electrons. The first-order valence-corrected chi connectivity index (χ1v) is 8.71. The number of carbonyl (C=O) groups is 1. The Morgan fingerprint density at radius 3 is 2.44 bits per heavy atom. The second kappa shape index (κ2) is 8.88. The highest BCUT2D eigenvalue weighted by molar-refractivity contribution is 6.31. The molecule has 2 rings (SSSR count). The van der Waals surface area contributed by atoms with E-state index < -0.39 is 0 Å². The van der Waals surface area contributed by atoms with Gasteiger partial charge in [-0.05, 0) is 49.8 Å². The number of methoxy groups -OCH3 is 1. The number of carbonyl (C=O) groups excluding carboxylic acids is 1. The average molecular weight is 361 g/mol. The Kier molecular flexibility index (Phi) is 6.85. The summed E-state index contributed by atoms with van der Waals surface area (Å²) < 4.78 is 5.26. The highest BCUT2D eigenvalue weighted by Gasteiger charge is 2.18. The number of halogens is 1. The second-order valence-corrected chi connectivity index (χ2v) is 6.57. The fourth-order valence-corrected chi connectivity index (χ4v) is 2.89. The van der Waals surface area contributed by atoms with E-state index in [-0.39, 0.29) is 11.9 Å². The lowest BCUT2D eigenvalue weighted by Crippen LogP contribution is -2.34. The number of aryl methyl sites for hydroxylation is 1. The Balaban J connectivity index is 2.13. The maximum absolute atomic E-state index is 12.6. The summed E-state index contributed by atoms with van der Waals surface area (Å²) in [5, 5.41) is 3.50. The molecule has 0 aliphatic carbocycles. The van der Waals surface area contributed by atoms with Gasteiger partial charge in [-0.3, -0.25) is 4.79 Å². The van der Waals surface area contributed by atoms with Crippen LogP contribution in [0.4, 0.5) is 0 Å². The van der Waals surface area contributed by atoms with Crippen LogP contribution >= 0.6 is 11.6 Å². The van der Waals surface area contributed by atoms with Gasteiger partial charge in [0.05, 0.1) is 18.7 Å². The lowest BCUT2D eigenvalue weighted by Gasteiger charge is -2.25. The molecule has 0 spiro atoms. The van der Waals surface area contributed by atoms with E-state index in [2.05, 4.69) is 41.4 Å². The molecule has 1 unspecified atom stereocenters. The van der Waals surface area contributed by atoms with Gasteiger partial charge < -0.3 is 15.0 Å². The molecule has 2 aromatic rings. The van der Waals surface area contributed by atoms with Gasteiger partial charge >= 0.3 is 0 Å². The van der Waals surface area contributed by atoms with Crippen LogP contribution in [0.3, 0.4) is 0 Å². The first-order valence-electron chi connectivity index (χ1n) is 8.33. The van der Waals surface area contributed by atoms with Crippen LogP contribution in [-0.2, 0) is 6.42 Å². The molecule has 1 amide bonds. The molecule has 0 bridgehead atoms. The van der Waals surface area contributed by atoms with Gasteiger partial charge in [0.15, 0.2) is 0 Å². The molecule has 2 aromatic carbocycles. The van der Waals surface area contributed by atoms with E-state index in [0.717, 1.165) is 6.42 Å². The van der Waals surface area contributed by atoms with Crippen molar-refractivity contribution in [3.8, 4) is 5.75 Å². The molecule has 0 radical (unpaired) electrons. The third kappa shape index (κ3) is 4.97. The third-order valence-corrected chi connectivity index (χ3v) is 4.49. The van der Waals surface area contributed by atoms with E-state index in [0.29, 0.717) is 22.9 Å². The Bertz CT molecular complexity index is 714. The summed E-state index contributed by atoms with van der Waals surface area (Å²) in [5.74, 6) is 0.312. The number of hydrogen-bond donors (Lipinski definition) is 1. The monoisotopic (exact) mass is 360 g/mol. The maximum Gasteiger partial charge on any atom is 0.255 e. The minimum atomic E-state index is -0.198. The number of ether oxygens (including phenoxy) is 1. The zero-order valence-corrected chi connectivity index (χ0v) is 15.9. The van der Waals surface area contributed by atoms with E-state index in [9.17, 15) is 4.79 Å². The molecule has 0 aromatic heterocycles. The smallest absolute Gasteiger partial charge is 0.255 e. The Hall–Kier alpha value is -2.04. The lowest BCUT2D eigenvalue weighted by atomic mass is 10.0. The van der Waals surface area contributed by atoms with Gasteiger partial charge in [0.25, 0.3) is 5.91 Å². The van der Waals surface area contributed by atoms with Gasteiger partial charge in [-0.1, -0.05) is 42.8 Å². The summed E-state index contributed by atoms with van der Waals surface area (Å²) in [7, 11) is 5.55. The second-order valence-electron chi connectivity index (χ2n) is 6.13. The zero-order valence-electron chi connectivity index (χ0n) is 15.2. The number of rotatable bonds is 7. The van der Waals surface area contributed by atoms with Crippen molar-refractivity contribution in [1.82, 2.24) is 10.2 Å². The number of amides is 1. The Labute approximate surface area is 154 Å². The van der Waals surface area contributed by atoms with Crippen molar-refractivity contribution in [2.45, 2.75) is 19.4 Å². The quantitative estimate of drug-likeness (QED) is 0.813. The van der Waals surface area contributed by atoms with Crippen LogP contribution in [0, 0.1) is 0 Å². The van der Waals surface area contributed by atoms with Crippen LogP contribution in [0.2, 0.25) is 5.02 Å². The lowest BCUT2D eigenvalue weighted by molar-refractivity contribution is 0.0939. The van der Waals surface area contributed by atoms with E-state index in [1.165, 1.54) is 18.2 Å². The molecule has 1 N–H and O–H groups in total.